The number of benzene rings is 2. The van der Waals surface area contributed by atoms with Crippen molar-refractivity contribution >= 4 is 34.1 Å². The Bertz CT molecular complexity index is 1430. The highest BCUT2D eigenvalue weighted by molar-refractivity contribution is 7.15. The number of hydrogen-bond donors (Lipinski definition) is 1. The number of amides is 2. The lowest BCUT2D eigenvalue weighted by Crippen LogP contribution is -2.45. The topological polar surface area (TPSA) is 88.3 Å². The van der Waals surface area contributed by atoms with Crippen LogP contribution < -0.4 is 5.32 Å². The number of hydrogen-bond acceptors (Lipinski definition) is 6. The minimum absolute atomic E-state index is 0.138. The number of nitrogens with one attached hydrogen (secondary N) is 1. The van der Waals surface area contributed by atoms with Crippen LogP contribution in [-0.2, 0) is 0 Å². The summed E-state index contributed by atoms with van der Waals surface area (Å²) in [5.74, 6) is -0.412. The van der Waals surface area contributed by atoms with Crippen molar-refractivity contribution in [2.75, 3.05) is 6.54 Å². The van der Waals surface area contributed by atoms with Crippen molar-refractivity contribution in [1.82, 2.24) is 20.4 Å². The van der Waals surface area contributed by atoms with Gasteiger partial charge in [-0.2, -0.15) is 0 Å². The van der Waals surface area contributed by atoms with Crippen molar-refractivity contribution in [2.45, 2.75) is 31.8 Å². The molecule has 34 heavy (non-hydrogen) atoms. The van der Waals surface area contributed by atoms with Crippen molar-refractivity contribution in [3.8, 4) is 10.4 Å². The highest BCUT2D eigenvalue weighted by Gasteiger charge is 2.54. The quantitative estimate of drug-likeness (QED) is 0.460. The molecule has 2 fully saturated rings. The van der Waals surface area contributed by atoms with E-state index in [1.807, 2.05) is 24.0 Å². The molecule has 2 aromatic carbocycles. The van der Waals surface area contributed by atoms with Crippen LogP contribution in [0.4, 0.5) is 4.39 Å². The van der Waals surface area contributed by atoms with Gasteiger partial charge in [0, 0.05) is 12.6 Å². The maximum Gasteiger partial charge on any atom is 0.274 e. The van der Waals surface area contributed by atoms with Gasteiger partial charge in [0.2, 0.25) is 0 Å². The zero-order valence-corrected chi connectivity index (χ0v) is 19.1. The van der Waals surface area contributed by atoms with Crippen LogP contribution in [0.1, 0.15) is 38.8 Å². The lowest BCUT2D eigenvalue weighted by Gasteiger charge is -2.27. The van der Waals surface area contributed by atoms with Crippen LogP contribution in [-0.4, -0.2) is 45.5 Å². The van der Waals surface area contributed by atoms with E-state index in [2.05, 4.69) is 15.5 Å². The van der Waals surface area contributed by atoms with Crippen LogP contribution in [0.25, 0.3) is 21.4 Å². The monoisotopic (exact) mass is 476 g/mol. The Morgan fingerprint density at radius 2 is 2.03 bits per heavy atom. The third-order valence-electron chi connectivity index (χ3n) is 6.56. The second-order valence-electron chi connectivity index (χ2n) is 8.82. The third-order valence-corrected chi connectivity index (χ3v) is 7.58. The molecule has 6 rings (SSSR count). The van der Waals surface area contributed by atoms with E-state index < -0.39 is 0 Å². The summed E-state index contributed by atoms with van der Waals surface area (Å²) < 4.78 is 19.1. The summed E-state index contributed by atoms with van der Waals surface area (Å²) in [5.41, 5.74) is 1.78. The van der Waals surface area contributed by atoms with E-state index in [1.165, 1.54) is 23.5 Å². The molecule has 2 amide bonds. The maximum absolute atomic E-state index is 13.9. The Labute approximate surface area is 198 Å². The molecule has 9 heteroatoms. The molecule has 0 bridgehead atoms. The van der Waals surface area contributed by atoms with Gasteiger partial charge in [-0.3, -0.25) is 9.59 Å². The molecule has 4 aromatic rings. The number of likely N-dealkylation sites (tertiary alicyclic amines) is 1. The van der Waals surface area contributed by atoms with Crippen LogP contribution in [0.5, 0.6) is 0 Å². The van der Waals surface area contributed by atoms with Gasteiger partial charge in [-0.15, -0.1) is 11.3 Å². The number of piperidine rings is 1. The van der Waals surface area contributed by atoms with Crippen LogP contribution in [0.2, 0.25) is 0 Å². The molecule has 0 radical (unpaired) electrons. The molecule has 1 N–H and O–H groups in total. The fourth-order valence-electron chi connectivity index (χ4n) is 4.92. The minimum atomic E-state index is -0.355. The van der Waals surface area contributed by atoms with Crippen molar-refractivity contribution in [3.63, 3.8) is 0 Å². The van der Waals surface area contributed by atoms with E-state index >= 15 is 0 Å². The van der Waals surface area contributed by atoms with E-state index in [9.17, 15) is 14.0 Å². The largest absolute Gasteiger partial charge is 0.355 e. The van der Waals surface area contributed by atoms with Crippen LogP contribution >= 0.6 is 11.3 Å². The smallest absolute Gasteiger partial charge is 0.274 e. The van der Waals surface area contributed by atoms with Crippen molar-refractivity contribution < 1.29 is 18.5 Å². The standard InChI is InChI=1S/C25H21FN4O3S/c1-13-28-22(23(34-13)14-5-4-6-16(26)9-14)25(32)30-17(10-15-11-19(15)30)12-27-24(31)21-18-7-2-3-8-20(18)33-29-21/h2-9,15,17,19H,10-12H2,1H3,(H,27,31)/t15-,17+,19+/m1/s1. The van der Waals surface area contributed by atoms with E-state index in [0.29, 0.717) is 39.6 Å². The molecule has 2 aliphatic rings. The van der Waals surface area contributed by atoms with Gasteiger partial charge in [-0.25, -0.2) is 9.37 Å². The molecule has 3 atom stereocenters. The van der Waals surface area contributed by atoms with Gasteiger partial charge in [-0.1, -0.05) is 29.4 Å². The van der Waals surface area contributed by atoms with Crippen molar-refractivity contribution in [3.05, 3.63) is 70.7 Å². The fraction of sp³-hybridized carbons (Fsp3) is 0.280. The lowest BCUT2D eigenvalue weighted by atomic mass is 10.1. The second kappa shape index (κ2) is 8.02. The number of para-hydroxylation sites is 1. The zero-order valence-electron chi connectivity index (χ0n) is 18.3. The highest BCUT2D eigenvalue weighted by atomic mass is 32.1. The number of rotatable bonds is 5. The number of halogens is 1. The average Bonchev–Trinajstić information content (AvgIpc) is 3.17. The molecule has 1 saturated heterocycles. The first-order chi connectivity index (χ1) is 16.5. The minimum Gasteiger partial charge on any atom is -0.355 e. The summed E-state index contributed by atoms with van der Waals surface area (Å²) in [4.78, 5) is 33.5. The maximum atomic E-state index is 13.9. The molecule has 0 unspecified atom stereocenters. The van der Waals surface area contributed by atoms with Crippen molar-refractivity contribution in [2.24, 2.45) is 5.92 Å². The zero-order chi connectivity index (χ0) is 23.4. The van der Waals surface area contributed by atoms with Crippen molar-refractivity contribution in [1.29, 1.82) is 0 Å². The van der Waals surface area contributed by atoms with Gasteiger partial charge in [0.15, 0.2) is 11.3 Å². The molecule has 2 aromatic heterocycles. The molecular weight excluding hydrogens is 455 g/mol. The number of fused-ring (bicyclic) bond motifs is 2. The molecule has 172 valence electrons. The summed E-state index contributed by atoms with van der Waals surface area (Å²) in [6, 6.07) is 13.4. The average molecular weight is 477 g/mol. The molecule has 0 spiro atoms. The predicted molar refractivity (Wildman–Crippen MR) is 125 cm³/mol. The first kappa shape index (κ1) is 21.0. The normalized spacial score (nSPS) is 21.0. The summed E-state index contributed by atoms with van der Waals surface area (Å²) in [5, 5.41) is 8.25. The van der Waals surface area contributed by atoms with Gasteiger partial charge in [0.05, 0.1) is 21.3 Å². The Hall–Kier alpha value is -3.59. The second-order valence-corrected chi connectivity index (χ2v) is 10.0. The Morgan fingerprint density at radius 1 is 1.18 bits per heavy atom. The summed E-state index contributed by atoms with van der Waals surface area (Å²) in [7, 11) is 0. The number of carbonyl (C=O) groups is 2. The van der Waals surface area contributed by atoms with E-state index in [1.54, 1.807) is 24.3 Å². The predicted octanol–water partition coefficient (Wildman–Crippen LogP) is 4.43. The lowest BCUT2D eigenvalue weighted by molar-refractivity contribution is 0.0684. The van der Waals surface area contributed by atoms with Gasteiger partial charge in [-0.05, 0) is 55.5 Å². The molecule has 1 aliphatic carbocycles. The van der Waals surface area contributed by atoms with Crippen LogP contribution in [0.15, 0.2) is 53.1 Å². The molecule has 3 heterocycles. The number of aryl methyl sites for hydroxylation is 1. The SMILES string of the molecule is Cc1nc(C(=O)N2[C@H](CNC(=O)c3noc4ccccc34)C[C@@H]3C[C@@H]32)c(-c2cccc(F)c2)s1. The van der Waals surface area contributed by atoms with E-state index in [4.69, 9.17) is 4.52 Å². The first-order valence-electron chi connectivity index (χ1n) is 11.2. The third kappa shape index (κ3) is 3.56. The molecular formula is C25H21FN4O3S. The van der Waals surface area contributed by atoms with Gasteiger partial charge < -0.3 is 14.7 Å². The summed E-state index contributed by atoms with van der Waals surface area (Å²) in [6.45, 7) is 2.16. The Morgan fingerprint density at radius 3 is 2.88 bits per heavy atom. The van der Waals surface area contributed by atoms with Gasteiger partial charge in [0.1, 0.15) is 11.5 Å². The van der Waals surface area contributed by atoms with Gasteiger partial charge >= 0.3 is 0 Å². The first-order valence-corrected chi connectivity index (χ1v) is 12.0. The van der Waals surface area contributed by atoms with Crippen LogP contribution in [0.3, 0.4) is 0 Å². The molecule has 7 nitrogen and oxygen atoms in total. The number of thiazole rings is 1. The Balaban J connectivity index is 1.23. The van der Waals surface area contributed by atoms with E-state index in [0.717, 1.165) is 17.8 Å². The fourth-order valence-corrected chi connectivity index (χ4v) is 5.83. The summed E-state index contributed by atoms with van der Waals surface area (Å²) in [6.07, 6.45) is 1.79. The summed E-state index contributed by atoms with van der Waals surface area (Å²) >= 11 is 1.38. The number of carbonyl (C=O) groups excluding carboxylic acids is 2. The number of nitrogens with zero attached hydrogens (tertiary/aromatic N) is 3. The molecule has 1 aliphatic heterocycles. The Kier molecular flexibility index (Phi) is 4.95. The van der Waals surface area contributed by atoms with Crippen LogP contribution in [0, 0.1) is 18.7 Å². The molecule has 1 saturated carbocycles. The highest BCUT2D eigenvalue weighted by Crippen LogP contribution is 2.48. The number of aromatic nitrogens is 2. The van der Waals surface area contributed by atoms with E-state index in [-0.39, 0.29) is 35.4 Å². The van der Waals surface area contributed by atoms with Gasteiger partial charge in [0.25, 0.3) is 11.8 Å².